The summed E-state index contributed by atoms with van der Waals surface area (Å²) in [5, 5.41) is 3.32. The molecule has 3 heterocycles. The molecule has 3 unspecified atom stereocenters. The first kappa shape index (κ1) is 12.4. The zero-order valence-electron chi connectivity index (χ0n) is 11.4. The van der Waals surface area contributed by atoms with Crippen LogP contribution in [0, 0.1) is 5.92 Å². The summed E-state index contributed by atoms with van der Waals surface area (Å²) < 4.78 is 0. The minimum Gasteiger partial charge on any atom is -0.335 e. The second kappa shape index (κ2) is 5.17. The molecular weight excluding hydrogens is 226 g/mol. The van der Waals surface area contributed by atoms with Gasteiger partial charge in [0.2, 0.25) is 5.91 Å². The van der Waals surface area contributed by atoms with Gasteiger partial charge in [-0.05, 0) is 38.8 Å². The Labute approximate surface area is 110 Å². The molecule has 4 heteroatoms. The van der Waals surface area contributed by atoms with Crippen LogP contribution >= 0.6 is 0 Å². The molecule has 0 aromatic carbocycles. The van der Waals surface area contributed by atoms with Crippen molar-refractivity contribution in [1.29, 1.82) is 0 Å². The average molecular weight is 251 g/mol. The molecule has 0 spiro atoms. The number of hydrogen-bond acceptors (Lipinski definition) is 3. The molecule has 3 aliphatic rings. The van der Waals surface area contributed by atoms with Gasteiger partial charge < -0.3 is 15.1 Å². The van der Waals surface area contributed by atoms with Crippen LogP contribution in [0.15, 0.2) is 0 Å². The standard InChI is InChI=1S/C14H25N3O/c1-2-16-8-6-12-3-4-13(10-16)17(12)14(18)11-5-7-15-9-11/h11-13,15H,2-10H2,1H3. The summed E-state index contributed by atoms with van der Waals surface area (Å²) in [5.41, 5.74) is 0. The van der Waals surface area contributed by atoms with Crippen LogP contribution in [0.3, 0.4) is 0 Å². The molecule has 4 nitrogen and oxygen atoms in total. The minimum absolute atomic E-state index is 0.251. The van der Waals surface area contributed by atoms with Gasteiger partial charge in [-0.1, -0.05) is 6.92 Å². The monoisotopic (exact) mass is 251 g/mol. The van der Waals surface area contributed by atoms with Gasteiger partial charge in [0.1, 0.15) is 0 Å². The van der Waals surface area contributed by atoms with Gasteiger partial charge in [0.15, 0.2) is 0 Å². The topological polar surface area (TPSA) is 35.6 Å². The molecule has 2 bridgehead atoms. The van der Waals surface area contributed by atoms with Crippen LogP contribution in [-0.4, -0.2) is 60.5 Å². The maximum absolute atomic E-state index is 12.7. The minimum atomic E-state index is 0.251. The number of nitrogens with one attached hydrogen (secondary N) is 1. The molecule has 1 N–H and O–H groups in total. The number of likely N-dealkylation sites (N-methyl/N-ethyl adjacent to an activating group) is 1. The van der Waals surface area contributed by atoms with E-state index in [1.807, 2.05) is 0 Å². The molecule has 0 aromatic heterocycles. The van der Waals surface area contributed by atoms with Crippen LogP contribution in [0.4, 0.5) is 0 Å². The number of rotatable bonds is 2. The molecule has 3 rings (SSSR count). The maximum atomic E-state index is 12.7. The molecule has 18 heavy (non-hydrogen) atoms. The second-order valence-electron chi connectivity index (χ2n) is 6.00. The van der Waals surface area contributed by atoms with Gasteiger partial charge in [0, 0.05) is 31.7 Å². The number of hydrogen-bond donors (Lipinski definition) is 1. The third-order valence-corrected chi connectivity index (χ3v) is 4.98. The first-order valence-electron chi connectivity index (χ1n) is 7.55. The fourth-order valence-corrected chi connectivity index (χ4v) is 3.87. The average Bonchev–Trinajstić information content (AvgIpc) is 2.96. The van der Waals surface area contributed by atoms with Crippen molar-refractivity contribution in [2.45, 2.75) is 44.7 Å². The first-order chi connectivity index (χ1) is 8.79. The van der Waals surface area contributed by atoms with Gasteiger partial charge in [-0.15, -0.1) is 0 Å². The van der Waals surface area contributed by atoms with E-state index in [1.165, 1.54) is 25.8 Å². The predicted octanol–water partition coefficient (Wildman–Crippen LogP) is 0.681. The second-order valence-corrected chi connectivity index (χ2v) is 6.00. The molecule has 3 atom stereocenters. The van der Waals surface area contributed by atoms with Crippen LogP contribution in [0.25, 0.3) is 0 Å². The van der Waals surface area contributed by atoms with E-state index in [1.54, 1.807) is 0 Å². The van der Waals surface area contributed by atoms with Crippen LogP contribution in [-0.2, 0) is 4.79 Å². The van der Waals surface area contributed by atoms with E-state index in [4.69, 9.17) is 0 Å². The van der Waals surface area contributed by atoms with E-state index in [-0.39, 0.29) is 5.92 Å². The number of amides is 1. The highest BCUT2D eigenvalue weighted by Gasteiger charge is 2.42. The van der Waals surface area contributed by atoms with E-state index >= 15 is 0 Å². The Balaban J connectivity index is 1.72. The van der Waals surface area contributed by atoms with E-state index in [2.05, 4.69) is 22.0 Å². The lowest BCUT2D eigenvalue weighted by atomic mass is 10.1. The Hall–Kier alpha value is -0.610. The molecule has 102 valence electrons. The molecule has 0 aliphatic carbocycles. The summed E-state index contributed by atoms with van der Waals surface area (Å²) in [6, 6.07) is 1.02. The number of fused-ring (bicyclic) bond motifs is 2. The van der Waals surface area contributed by atoms with Crippen molar-refractivity contribution < 1.29 is 4.79 Å². The van der Waals surface area contributed by atoms with Crippen molar-refractivity contribution in [3.63, 3.8) is 0 Å². The zero-order chi connectivity index (χ0) is 12.5. The van der Waals surface area contributed by atoms with Crippen molar-refractivity contribution >= 4 is 5.91 Å². The fourth-order valence-electron chi connectivity index (χ4n) is 3.87. The third kappa shape index (κ3) is 2.16. The summed E-state index contributed by atoms with van der Waals surface area (Å²) in [6.07, 6.45) is 4.66. The first-order valence-corrected chi connectivity index (χ1v) is 7.55. The largest absolute Gasteiger partial charge is 0.335 e. The normalized spacial score (nSPS) is 36.9. The number of nitrogens with zero attached hydrogens (tertiary/aromatic N) is 2. The number of likely N-dealkylation sites (tertiary alicyclic amines) is 1. The molecule has 3 fully saturated rings. The molecule has 0 aromatic rings. The predicted molar refractivity (Wildman–Crippen MR) is 71.4 cm³/mol. The lowest BCUT2D eigenvalue weighted by Gasteiger charge is -2.31. The van der Waals surface area contributed by atoms with Crippen LogP contribution < -0.4 is 5.32 Å². The summed E-state index contributed by atoms with van der Waals surface area (Å²) >= 11 is 0. The van der Waals surface area contributed by atoms with Gasteiger partial charge in [-0.25, -0.2) is 0 Å². The Morgan fingerprint density at radius 2 is 2.06 bits per heavy atom. The summed E-state index contributed by atoms with van der Waals surface area (Å²) in [5.74, 6) is 0.687. The summed E-state index contributed by atoms with van der Waals surface area (Å²) in [6.45, 7) is 7.53. The van der Waals surface area contributed by atoms with Crippen LogP contribution in [0.5, 0.6) is 0 Å². The molecule has 3 aliphatic heterocycles. The van der Waals surface area contributed by atoms with Crippen molar-refractivity contribution in [3.8, 4) is 0 Å². The molecule has 3 saturated heterocycles. The Kier molecular flexibility index (Phi) is 3.57. The Bertz CT molecular complexity index is 314. The van der Waals surface area contributed by atoms with Gasteiger partial charge >= 0.3 is 0 Å². The zero-order valence-corrected chi connectivity index (χ0v) is 11.4. The van der Waals surface area contributed by atoms with Gasteiger partial charge in [0.05, 0.1) is 5.92 Å². The lowest BCUT2D eigenvalue weighted by molar-refractivity contribution is -0.137. The Morgan fingerprint density at radius 1 is 1.22 bits per heavy atom. The molecule has 1 amide bonds. The van der Waals surface area contributed by atoms with Crippen LogP contribution in [0.2, 0.25) is 0 Å². The highest BCUT2D eigenvalue weighted by Crippen LogP contribution is 2.32. The van der Waals surface area contributed by atoms with Gasteiger partial charge in [0.25, 0.3) is 0 Å². The fraction of sp³-hybridized carbons (Fsp3) is 0.929. The number of carbonyl (C=O) groups is 1. The van der Waals surface area contributed by atoms with Crippen molar-refractivity contribution in [1.82, 2.24) is 15.1 Å². The number of carbonyl (C=O) groups excluding carboxylic acids is 1. The highest BCUT2D eigenvalue weighted by molar-refractivity contribution is 5.80. The summed E-state index contributed by atoms with van der Waals surface area (Å²) in [4.78, 5) is 17.5. The van der Waals surface area contributed by atoms with Crippen LogP contribution in [0.1, 0.15) is 32.6 Å². The van der Waals surface area contributed by atoms with Gasteiger partial charge in [-0.3, -0.25) is 4.79 Å². The SMILES string of the molecule is CCN1CCC2CCC(C1)N2C(=O)C1CCNC1. The third-order valence-electron chi connectivity index (χ3n) is 4.98. The lowest BCUT2D eigenvalue weighted by Crippen LogP contribution is -2.46. The van der Waals surface area contributed by atoms with E-state index in [0.29, 0.717) is 18.0 Å². The van der Waals surface area contributed by atoms with E-state index < -0.39 is 0 Å². The van der Waals surface area contributed by atoms with E-state index in [9.17, 15) is 4.79 Å². The van der Waals surface area contributed by atoms with Crippen molar-refractivity contribution in [3.05, 3.63) is 0 Å². The maximum Gasteiger partial charge on any atom is 0.227 e. The van der Waals surface area contributed by atoms with Gasteiger partial charge in [-0.2, -0.15) is 0 Å². The summed E-state index contributed by atoms with van der Waals surface area (Å²) in [7, 11) is 0. The van der Waals surface area contributed by atoms with E-state index in [0.717, 1.165) is 32.6 Å². The molecule has 0 radical (unpaired) electrons. The van der Waals surface area contributed by atoms with Crippen molar-refractivity contribution in [2.24, 2.45) is 5.92 Å². The highest BCUT2D eigenvalue weighted by atomic mass is 16.2. The van der Waals surface area contributed by atoms with Crippen molar-refractivity contribution in [2.75, 3.05) is 32.7 Å². The smallest absolute Gasteiger partial charge is 0.227 e. The Morgan fingerprint density at radius 3 is 2.78 bits per heavy atom. The molecule has 0 saturated carbocycles. The molecular formula is C14H25N3O. The quantitative estimate of drug-likeness (QED) is 0.784.